The first-order chi connectivity index (χ1) is 12.2. The molecule has 0 spiro atoms. The van der Waals surface area contributed by atoms with Gasteiger partial charge in [0.15, 0.2) is 5.82 Å². The van der Waals surface area contributed by atoms with Crippen LogP contribution in [0.3, 0.4) is 0 Å². The van der Waals surface area contributed by atoms with Crippen LogP contribution in [0.4, 0.5) is 0 Å². The van der Waals surface area contributed by atoms with Crippen molar-refractivity contribution in [3.8, 4) is 0 Å². The summed E-state index contributed by atoms with van der Waals surface area (Å²) in [5.41, 5.74) is 0.966. The molecule has 1 aromatic heterocycles. The van der Waals surface area contributed by atoms with E-state index in [2.05, 4.69) is 15.5 Å². The van der Waals surface area contributed by atoms with Crippen molar-refractivity contribution < 1.29 is 18.3 Å². The van der Waals surface area contributed by atoms with Crippen LogP contribution >= 0.6 is 0 Å². The summed E-state index contributed by atoms with van der Waals surface area (Å²) in [6.45, 7) is 1.57. The average Bonchev–Trinajstić information content (AvgIpc) is 2.90. The molecule has 3 rings (SSSR count). The van der Waals surface area contributed by atoms with Gasteiger partial charge < -0.3 is 15.0 Å². The normalized spacial score (nSPS) is 19.8. The lowest BCUT2D eigenvalue weighted by Gasteiger charge is -2.35. The SMILES string of the molecule is Cc1ccc(S(N)(=O)=O)cc1C(=O)NC1CC(c2nnc(CO)n2C)C1. The standard InChI is InChI=1S/C16H21N5O4S/c1-9-3-4-12(26(17,24)25)7-13(9)16(23)18-11-5-10(6-11)15-20-19-14(8-22)21(15)2/h3-4,7,10-11,22H,5-6,8H2,1-2H3,(H,18,23)(H2,17,24,25). The van der Waals surface area contributed by atoms with E-state index in [1.807, 2.05) is 0 Å². The third-order valence-corrected chi connectivity index (χ3v) is 5.67. The van der Waals surface area contributed by atoms with Crippen LogP contribution in [0.15, 0.2) is 23.1 Å². The van der Waals surface area contributed by atoms with E-state index in [-0.39, 0.29) is 29.4 Å². The summed E-state index contributed by atoms with van der Waals surface area (Å²) in [5.74, 6) is 1.12. The van der Waals surface area contributed by atoms with E-state index < -0.39 is 10.0 Å². The number of aliphatic hydroxyl groups excluding tert-OH is 1. The van der Waals surface area contributed by atoms with Crippen molar-refractivity contribution in [1.82, 2.24) is 20.1 Å². The molecule has 26 heavy (non-hydrogen) atoms. The number of aromatic nitrogens is 3. The highest BCUT2D eigenvalue weighted by Crippen LogP contribution is 2.36. The third-order valence-electron chi connectivity index (χ3n) is 4.76. The Labute approximate surface area is 151 Å². The van der Waals surface area contributed by atoms with Crippen LogP contribution in [0.2, 0.25) is 0 Å². The van der Waals surface area contributed by atoms with Gasteiger partial charge in [-0.3, -0.25) is 4.79 Å². The molecule has 0 bridgehead atoms. The van der Waals surface area contributed by atoms with Gasteiger partial charge in [0.2, 0.25) is 10.0 Å². The molecular weight excluding hydrogens is 358 g/mol. The molecule has 1 saturated carbocycles. The molecule has 2 aromatic rings. The zero-order chi connectivity index (χ0) is 19.1. The molecular formula is C16H21N5O4S. The molecule has 4 N–H and O–H groups in total. The van der Waals surface area contributed by atoms with Crippen molar-refractivity contribution in [1.29, 1.82) is 0 Å². The molecule has 0 aliphatic heterocycles. The van der Waals surface area contributed by atoms with Gasteiger partial charge in [-0.15, -0.1) is 10.2 Å². The molecule has 0 atom stereocenters. The number of nitrogens with zero attached hydrogens (tertiary/aromatic N) is 3. The molecule has 10 heteroatoms. The molecule has 1 amide bonds. The first kappa shape index (κ1) is 18.5. The van der Waals surface area contributed by atoms with Crippen LogP contribution < -0.4 is 10.5 Å². The van der Waals surface area contributed by atoms with Crippen LogP contribution in [0.1, 0.15) is 46.3 Å². The largest absolute Gasteiger partial charge is 0.388 e. The van der Waals surface area contributed by atoms with Crippen molar-refractivity contribution in [3.05, 3.63) is 41.0 Å². The molecule has 0 radical (unpaired) electrons. The predicted molar refractivity (Wildman–Crippen MR) is 92.7 cm³/mol. The summed E-state index contributed by atoms with van der Waals surface area (Å²) in [4.78, 5) is 12.4. The fourth-order valence-corrected chi connectivity index (χ4v) is 3.64. The molecule has 1 aromatic carbocycles. The highest BCUT2D eigenvalue weighted by molar-refractivity contribution is 7.89. The number of carbonyl (C=O) groups excluding carboxylic acids is 1. The van der Waals surface area contributed by atoms with E-state index in [1.54, 1.807) is 24.6 Å². The van der Waals surface area contributed by atoms with Gasteiger partial charge in [0.25, 0.3) is 5.91 Å². The number of nitrogens with two attached hydrogens (primary N) is 1. The van der Waals surface area contributed by atoms with Gasteiger partial charge in [-0.05, 0) is 37.5 Å². The van der Waals surface area contributed by atoms with Crippen molar-refractivity contribution in [2.24, 2.45) is 12.2 Å². The molecule has 0 unspecified atom stereocenters. The average molecular weight is 379 g/mol. The number of primary sulfonamides is 1. The van der Waals surface area contributed by atoms with E-state index in [1.165, 1.54) is 12.1 Å². The summed E-state index contributed by atoms with van der Waals surface area (Å²) >= 11 is 0. The monoisotopic (exact) mass is 379 g/mol. The van der Waals surface area contributed by atoms with Gasteiger partial charge in [-0.2, -0.15) is 0 Å². The Kier molecular flexibility index (Phi) is 4.82. The lowest BCUT2D eigenvalue weighted by Crippen LogP contribution is -2.44. The number of carbonyl (C=O) groups is 1. The topological polar surface area (TPSA) is 140 Å². The van der Waals surface area contributed by atoms with E-state index in [0.29, 0.717) is 29.8 Å². The second kappa shape index (κ2) is 6.78. The van der Waals surface area contributed by atoms with Crippen LogP contribution in [-0.2, 0) is 23.7 Å². The number of benzene rings is 1. The first-order valence-electron chi connectivity index (χ1n) is 8.14. The van der Waals surface area contributed by atoms with Crippen molar-refractivity contribution in [2.45, 2.75) is 43.2 Å². The Morgan fingerprint density at radius 2 is 2.08 bits per heavy atom. The quantitative estimate of drug-likeness (QED) is 0.665. The Bertz CT molecular complexity index is 948. The minimum Gasteiger partial charge on any atom is -0.388 e. The molecule has 1 aliphatic rings. The van der Waals surface area contributed by atoms with E-state index in [0.717, 1.165) is 5.82 Å². The van der Waals surface area contributed by atoms with Crippen molar-refractivity contribution in [3.63, 3.8) is 0 Å². The lowest BCUT2D eigenvalue weighted by atomic mass is 9.79. The van der Waals surface area contributed by atoms with E-state index in [4.69, 9.17) is 5.14 Å². The summed E-state index contributed by atoms with van der Waals surface area (Å²) in [5, 5.41) is 25.2. The summed E-state index contributed by atoms with van der Waals surface area (Å²) < 4.78 is 24.7. The number of sulfonamides is 1. The fraction of sp³-hybridized carbons (Fsp3) is 0.438. The smallest absolute Gasteiger partial charge is 0.251 e. The van der Waals surface area contributed by atoms with Crippen LogP contribution in [0, 0.1) is 6.92 Å². The van der Waals surface area contributed by atoms with Gasteiger partial charge in [0, 0.05) is 24.6 Å². The second-order valence-corrected chi connectivity index (χ2v) is 8.11. The maximum Gasteiger partial charge on any atom is 0.251 e. The summed E-state index contributed by atoms with van der Waals surface area (Å²) in [6.07, 6.45) is 1.41. The Balaban J connectivity index is 1.66. The Morgan fingerprint density at radius 3 is 2.65 bits per heavy atom. The molecule has 1 heterocycles. The second-order valence-electron chi connectivity index (χ2n) is 6.55. The predicted octanol–water partition coefficient (Wildman–Crippen LogP) is -0.0608. The van der Waals surface area contributed by atoms with Gasteiger partial charge in [0.1, 0.15) is 12.4 Å². The fourth-order valence-electron chi connectivity index (χ4n) is 3.10. The van der Waals surface area contributed by atoms with Crippen LogP contribution in [0.25, 0.3) is 0 Å². The summed E-state index contributed by atoms with van der Waals surface area (Å²) in [7, 11) is -2.06. The third kappa shape index (κ3) is 3.48. The molecule has 9 nitrogen and oxygen atoms in total. The lowest BCUT2D eigenvalue weighted by molar-refractivity contribution is 0.0906. The highest BCUT2D eigenvalue weighted by atomic mass is 32.2. The van der Waals surface area contributed by atoms with Crippen LogP contribution in [0.5, 0.6) is 0 Å². The zero-order valence-electron chi connectivity index (χ0n) is 14.5. The Morgan fingerprint density at radius 1 is 1.38 bits per heavy atom. The maximum absolute atomic E-state index is 12.5. The Hall–Kier alpha value is -2.30. The molecule has 0 saturated heterocycles. The first-order valence-corrected chi connectivity index (χ1v) is 9.68. The molecule has 140 valence electrons. The zero-order valence-corrected chi connectivity index (χ0v) is 15.3. The number of nitrogens with one attached hydrogen (secondary N) is 1. The minimum absolute atomic E-state index is 0.0284. The summed E-state index contributed by atoms with van der Waals surface area (Å²) in [6, 6.07) is 4.22. The minimum atomic E-state index is -3.86. The van der Waals surface area contributed by atoms with Gasteiger partial charge in [-0.25, -0.2) is 13.6 Å². The number of aliphatic hydroxyl groups is 1. The van der Waals surface area contributed by atoms with Crippen molar-refractivity contribution in [2.75, 3.05) is 0 Å². The van der Waals surface area contributed by atoms with Crippen molar-refractivity contribution >= 4 is 15.9 Å². The van der Waals surface area contributed by atoms with Gasteiger partial charge >= 0.3 is 0 Å². The molecule has 1 aliphatic carbocycles. The van der Waals surface area contributed by atoms with Gasteiger partial charge in [0.05, 0.1) is 4.90 Å². The maximum atomic E-state index is 12.5. The highest BCUT2D eigenvalue weighted by Gasteiger charge is 2.35. The number of hydrogen-bond donors (Lipinski definition) is 3. The van der Waals surface area contributed by atoms with Gasteiger partial charge in [-0.1, -0.05) is 6.07 Å². The van der Waals surface area contributed by atoms with E-state index >= 15 is 0 Å². The van der Waals surface area contributed by atoms with Crippen LogP contribution in [-0.4, -0.2) is 40.2 Å². The molecule has 1 fully saturated rings. The number of aryl methyl sites for hydroxylation is 1. The number of hydrogen-bond acceptors (Lipinski definition) is 6. The number of amides is 1. The number of rotatable bonds is 5. The van der Waals surface area contributed by atoms with E-state index in [9.17, 15) is 18.3 Å².